The van der Waals surface area contributed by atoms with Crippen LogP contribution in [0, 0.1) is 0 Å². The molecular formula is C22H17N3OS. The van der Waals surface area contributed by atoms with E-state index in [9.17, 15) is 4.79 Å². The number of thiophene rings is 1. The van der Waals surface area contributed by atoms with E-state index < -0.39 is 0 Å². The zero-order valence-corrected chi connectivity index (χ0v) is 15.3. The molecule has 1 amide bonds. The van der Waals surface area contributed by atoms with E-state index in [4.69, 9.17) is 0 Å². The molecule has 0 radical (unpaired) electrons. The number of H-pyrrole nitrogens is 1. The minimum atomic E-state index is -0.00112. The molecule has 0 aliphatic carbocycles. The standard InChI is InChI=1S/C22H17N3OS/c26-22-16-13-18(25-17(16)9-11-24-22)15-8-10-23-19(12-15)21-7-6-20(27-21)14-4-2-1-3-5-14/h1-8,10,12-13,25H,9,11H2,(H,24,26). The van der Waals surface area contributed by atoms with Crippen LogP contribution in [0.25, 0.3) is 32.3 Å². The number of nitrogens with zero attached hydrogens (tertiary/aromatic N) is 1. The van der Waals surface area contributed by atoms with Gasteiger partial charge in [0.1, 0.15) is 0 Å². The Hall–Kier alpha value is -3.18. The minimum Gasteiger partial charge on any atom is -0.358 e. The number of hydrogen-bond donors (Lipinski definition) is 2. The number of benzene rings is 1. The first kappa shape index (κ1) is 16.0. The first-order valence-corrected chi connectivity index (χ1v) is 9.72. The summed E-state index contributed by atoms with van der Waals surface area (Å²) in [4.78, 5) is 22.3. The molecule has 1 aliphatic rings. The van der Waals surface area contributed by atoms with E-state index in [1.807, 2.05) is 24.4 Å². The highest BCUT2D eigenvalue weighted by Gasteiger charge is 2.20. The number of aromatic amines is 1. The van der Waals surface area contributed by atoms with Gasteiger partial charge >= 0.3 is 0 Å². The second-order valence-corrected chi connectivity index (χ2v) is 7.62. The monoisotopic (exact) mass is 371 g/mol. The smallest absolute Gasteiger partial charge is 0.253 e. The summed E-state index contributed by atoms with van der Waals surface area (Å²) >= 11 is 1.73. The third-order valence-electron chi connectivity index (χ3n) is 4.79. The molecule has 1 aliphatic heterocycles. The largest absolute Gasteiger partial charge is 0.358 e. The number of carbonyl (C=O) groups excluding carboxylic acids is 1. The number of aromatic nitrogens is 2. The fraction of sp³-hybridized carbons (Fsp3) is 0.0909. The normalized spacial score (nSPS) is 13.3. The second-order valence-electron chi connectivity index (χ2n) is 6.54. The number of rotatable bonds is 3. The molecule has 0 fully saturated rings. The van der Waals surface area contributed by atoms with Gasteiger partial charge in [-0.25, -0.2) is 0 Å². The van der Waals surface area contributed by atoms with Crippen LogP contribution < -0.4 is 5.32 Å². The SMILES string of the molecule is O=C1NCCc2[nH]c(-c3ccnc(-c4ccc(-c5ccccc5)s4)c3)cc21. The summed E-state index contributed by atoms with van der Waals surface area (Å²) in [7, 11) is 0. The number of carbonyl (C=O) groups is 1. The molecule has 0 saturated heterocycles. The molecule has 4 nitrogen and oxygen atoms in total. The van der Waals surface area contributed by atoms with Crippen LogP contribution in [-0.4, -0.2) is 22.4 Å². The van der Waals surface area contributed by atoms with Gasteiger partial charge in [0.05, 0.1) is 16.1 Å². The summed E-state index contributed by atoms with van der Waals surface area (Å²) in [5.41, 5.74) is 5.91. The maximum atomic E-state index is 12.0. The maximum Gasteiger partial charge on any atom is 0.253 e. The van der Waals surface area contributed by atoms with Crippen molar-refractivity contribution in [3.8, 4) is 32.3 Å². The van der Waals surface area contributed by atoms with Gasteiger partial charge in [0.25, 0.3) is 5.91 Å². The molecule has 0 atom stereocenters. The van der Waals surface area contributed by atoms with Crippen LogP contribution in [0.3, 0.4) is 0 Å². The van der Waals surface area contributed by atoms with E-state index >= 15 is 0 Å². The topological polar surface area (TPSA) is 57.8 Å². The molecule has 27 heavy (non-hydrogen) atoms. The van der Waals surface area contributed by atoms with E-state index in [0.29, 0.717) is 6.54 Å². The number of hydrogen-bond acceptors (Lipinski definition) is 3. The summed E-state index contributed by atoms with van der Waals surface area (Å²) < 4.78 is 0. The molecule has 2 N–H and O–H groups in total. The fourth-order valence-corrected chi connectivity index (χ4v) is 4.39. The Bertz CT molecular complexity index is 1130. The lowest BCUT2D eigenvalue weighted by Crippen LogP contribution is -2.31. The van der Waals surface area contributed by atoms with Gasteiger partial charge in [0.15, 0.2) is 0 Å². The van der Waals surface area contributed by atoms with Crippen molar-refractivity contribution in [3.63, 3.8) is 0 Å². The third kappa shape index (κ3) is 2.96. The first-order valence-electron chi connectivity index (χ1n) is 8.90. The van der Waals surface area contributed by atoms with Crippen molar-refractivity contribution in [1.82, 2.24) is 15.3 Å². The lowest BCUT2D eigenvalue weighted by Gasteiger charge is -2.10. The van der Waals surface area contributed by atoms with Gasteiger partial charge in [-0.2, -0.15) is 0 Å². The van der Waals surface area contributed by atoms with Crippen molar-refractivity contribution in [2.24, 2.45) is 0 Å². The Kier molecular flexibility index (Phi) is 3.87. The predicted octanol–water partition coefficient (Wildman–Crippen LogP) is 4.76. The number of fused-ring (bicyclic) bond motifs is 1. The summed E-state index contributed by atoms with van der Waals surface area (Å²) in [5.74, 6) is -0.00112. The van der Waals surface area contributed by atoms with Crippen LogP contribution in [0.15, 0.2) is 66.9 Å². The summed E-state index contributed by atoms with van der Waals surface area (Å²) in [6.45, 7) is 0.685. The van der Waals surface area contributed by atoms with Crippen LogP contribution in [0.5, 0.6) is 0 Å². The molecule has 0 unspecified atom stereocenters. The molecular weight excluding hydrogens is 354 g/mol. The summed E-state index contributed by atoms with van der Waals surface area (Å²) in [6, 6.07) is 20.6. The molecule has 5 heteroatoms. The maximum absolute atomic E-state index is 12.0. The molecule has 5 rings (SSSR count). The molecule has 0 saturated carbocycles. The van der Waals surface area contributed by atoms with Gasteiger partial charge in [-0.1, -0.05) is 30.3 Å². The molecule has 0 spiro atoms. The molecule has 1 aromatic carbocycles. The average molecular weight is 371 g/mol. The van der Waals surface area contributed by atoms with E-state index in [2.05, 4.69) is 57.7 Å². The van der Waals surface area contributed by atoms with Gasteiger partial charge in [0, 0.05) is 41.0 Å². The van der Waals surface area contributed by atoms with Crippen molar-refractivity contribution < 1.29 is 4.79 Å². The van der Waals surface area contributed by atoms with Crippen LogP contribution >= 0.6 is 11.3 Å². The van der Waals surface area contributed by atoms with Crippen molar-refractivity contribution in [2.45, 2.75) is 6.42 Å². The van der Waals surface area contributed by atoms with E-state index in [1.54, 1.807) is 11.3 Å². The van der Waals surface area contributed by atoms with Crippen molar-refractivity contribution in [1.29, 1.82) is 0 Å². The quantitative estimate of drug-likeness (QED) is 0.546. The van der Waals surface area contributed by atoms with E-state index in [-0.39, 0.29) is 5.91 Å². The van der Waals surface area contributed by atoms with Crippen molar-refractivity contribution in [2.75, 3.05) is 6.54 Å². The second kappa shape index (κ2) is 6.52. The zero-order chi connectivity index (χ0) is 18.2. The predicted molar refractivity (Wildman–Crippen MR) is 109 cm³/mol. The van der Waals surface area contributed by atoms with E-state index in [0.717, 1.165) is 39.5 Å². The summed E-state index contributed by atoms with van der Waals surface area (Å²) in [6.07, 6.45) is 2.66. The lowest BCUT2D eigenvalue weighted by molar-refractivity contribution is 0.0946. The van der Waals surface area contributed by atoms with E-state index in [1.165, 1.54) is 10.4 Å². The zero-order valence-electron chi connectivity index (χ0n) is 14.5. The van der Waals surface area contributed by atoms with Crippen LogP contribution in [0.2, 0.25) is 0 Å². The van der Waals surface area contributed by atoms with Crippen LogP contribution in [0.1, 0.15) is 16.1 Å². The summed E-state index contributed by atoms with van der Waals surface area (Å²) in [5, 5.41) is 2.89. The Morgan fingerprint density at radius 1 is 0.926 bits per heavy atom. The first-order chi connectivity index (χ1) is 13.3. The van der Waals surface area contributed by atoms with Gasteiger partial charge in [-0.3, -0.25) is 9.78 Å². The Morgan fingerprint density at radius 3 is 2.63 bits per heavy atom. The van der Waals surface area contributed by atoms with Gasteiger partial charge in [0.2, 0.25) is 0 Å². The highest BCUT2D eigenvalue weighted by Crippen LogP contribution is 2.35. The lowest BCUT2D eigenvalue weighted by atomic mass is 10.1. The highest BCUT2D eigenvalue weighted by atomic mass is 32.1. The van der Waals surface area contributed by atoms with Gasteiger partial charge < -0.3 is 10.3 Å². The average Bonchev–Trinajstić information content (AvgIpc) is 3.37. The van der Waals surface area contributed by atoms with Crippen molar-refractivity contribution in [3.05, 3.63) is 78.1 Å². The molecule has 0 bridgehead atoms. The fourth-order valence-electron chi connectivity index (χ4n) is 3.41. The molecule has 3 aromatic heterocycles. The van der Waals surface area contributed by atoms with Gasteiger partial charge in [-0.15, -0.1) is 11.3 Å². The molecule has 4 heterocycles. The van der Waals surface area contributed by atoms with Crippen LogP contribution in [0.4, 0.5) is 0 Å². The number of nitrogens with one attached hydrogen (secondary N) is 2. The number of amides is 1. The Balaban J connectivity index is 1.50. The Morgan fingerprint density at radius 2 is 1.78 bits per heavy atom. The van der Waals surface area contributed by atoms with Crippen molar-refractivity contribution >= 4 is 17.2 Å². The third-order valence-corrected chi connectivity index (χ3v) is 5.95. The molecule has 132 valence electrons. The molecule has 4 aromatic rings. The number of pyridine rings is 1. The highest BCUT2D eigenvalue weighted by molar-refractivity contribution is 7.18. The Labute approximate surface area is 160 Å². The minimum absolute atomic E-state index is 0.00112. The van der Waals surface area contributed by atoms with Crippen LogP contribution in [-0.2, 0) is 6.42 Å². The van der Waals surface area contributed by atoms with Gasteiger partial charge in [-0.05, 0) is 35.9 Å².